The average Bonchev–Trinajstić information content (AvgIpc) is 2.71. The zero-order chi connectivity index (χ0) is 17.8. The van der Waals surface area contributed by atoms with Crippen LogP contribution in [0, 0.1) is 6.92 Å². The second-order valence-electron chi connectivity index (χ2n) is 6.57. The van der Waals surface area contributed by atoms with Gasteiger partial charge in [-0.15, -0.1) is 0 Å². The van der Waals surface area contributed by atoms with Gasteiger partial charge >= 0.3 is 0 Å². The lowest BCUT2D eigenvalue weighted by atomic mass is 10.0. The van der Waals surface area contributed by atoms with Crippen molar-refractivity contribution in [1.82, 2.24) is 0 Å². The van der Waals surface area contributed by atoms with Gasteiger partial charge in [0.2, 0.25) is 5.69 Å². The molecule has 126 valence electrons. The minimum absolute atomic E-state index is 0.867. The van der Waals surface area contributed by atoms with Crippen molar-refractivity contribution in [3.05, 3.63) is 114 Å². The van der Waals surface area contributed by atoms with E-state index in [-0.39, 0.29) is 0 Å². The van der Waals surface area contributed by atoms with E-state index in [1.807, 2.05) is 0 Å². The Morgan fingerprint density at radius 1 is 0.577 bits per heavy atom. The Morgan fingerprint density at radius 2 is 1.12 bits per heavy atom. The Labute approximate surface area is 155 Å². The van der Waals surface area contributed by atoms with Crippen LogP contribution in [0.25, 0.3) is 22.4 Å². The Hall–Kier alpha value is -3.19. The number of hydrogen-bond donors (Lipinski definition) is 0. The summed E-state index contributed by atoms with van der Waals surface area (Å²) >= 11 is 0. The summed E-state index contributed by atoms with van der Waals surface area (Å²) < 4.78 is 2.40. The molecule has 1 heteroatoms. The van der Waals surface area contributed by atoms with Crippen LogP contribution < -0.4 is 4.57 Å². The minimum atomic E-state index is 0.867. The molecule has 3 aromatic carbocycles. The van der Waals surface area contributed by atoms with Crippen molar-refractivity contribution in [2.24, 2.45) is 0 Å². The maximum absolute atomic E-state index is 2.40. The molecule has 0 atom stereocenters. The molecule has 4 rings (SSSR count). The number of rotatable bonds is 4. The van der Waals surface area contributed by atoms with Crippen LogP contribution in [0.2, 0.25) is 0 Å². The third-order valence-corrected chi connectivity index (χ3v) is 4.73. The zero-order valence-corrected chi connectivity index (χ0v) is 15.0. The fraction of sp³-hybridized carbons (Fsp3) is 0.0800. The van der Waals surface area contributed by atoms with E-state index in [4.69, 9.17) is 0 Å². The lowest BCUT2D eigenvalue weighted by Gasteiger charge is -2.11. The largest absolute Gasteiger partial charge is 0.213 e. The van der Waals surface area contributed by atoms with Crippen LogP contribution in [0.15, 0.2) is 103 Å². The van der Waals surface area contributed by atoms with E-state index in [0.717, 1.165) is 6.54 Å². The van der Waals surface area contributed by atoms with Crippen LogP contribution in [0.1, 0.15) is 11.3 Å². The molecular weight excluding hydrogens is 314 g/mol. The number of nitrogens with zero attached hydrogens (tertiary/aromatic N) is 1. The summed E-state index contributed by atoms with van der Waals surface area (Å²) in [7, 11) is 0. The van der Waals surface area contributed by atoms with E-state index >= 15 is 0 Å². The summed E-state index contributed by atoms with van der Waals surface area (Å²) in [5.41, 5.74) is 7.56. The first kappa shape index (κ1) is 16.3. The molecule has 26 heavy (non-hydrogen) atoms. The molecule has 0 spiro atoms. The lowest BCUT2D eigenvalue weighted by molar-refractivity contribution is -0.683. The van der Waals surface area contributed by atoms with Crippen LogP contribution in [-0.2, 0) is 6.54 Å². The molecule has 1 nitrogen and oxygen atoms in total. The monoisotopic (exact) mass is 336 g/mol. The van der Waals surface area contributed by atoms with E-state index in [1.165, 1.54) is 33.6 Å². The normalized spacial score (nSPS) is 10.7. The van der Waals surface area contributed by atoms with Crippen molar-refractivity contribution < 1.29 is 4.57 Å². The first-order valence-corrected chi connectivity index (χ1v) is 9.00. The molecule has 0 bridgehead atoms. The molecule has 1 heterocycles. The standard InChI is InChI=1S/C25H22N/c1-20-17-24(22-13-7-3-8-14-22)18-25(23-15-9-4-10-16-23)26(20)19-21-11-5-2-6-12-21/h2-18H,19H2,1H3/q+1. The quantitative estimate of drug-likeness (QED) is 0.423. The number of pyridine rings is 1. The predicted molar refractivity (Wildman–Crippen MR) is 108 cm³/mol. The van der Waals surface area contributed by atoms with Crippen molar-refractivity contribution in [1.29, 1.82) is 0 Å². The van der Waals surface area contributed by atoms with Crippen molar-refractivity contribution >= 4 is 0 Å². The van der Waals surface area contributed by atoms with E-state index in [2.05, 4.69) is 115 Å². The van der Waals surface area contributed by atoms with Gasteiger partial charge in [0, 0.05) is 30.2 Å². The number of benzene rings is 3. The Morgan fingerprint density at radius 3 is 1.73 bits per heavy atom. The topological polar surface area (TPSA) is 3.88 Å². The zero-order valence-electron chi connectivity index (χ0n) is 15.0. The van der Waals surface area contributed by atoms with Gasteiger partial charge in [-0.25, -0.2) is 0 Å². The van der Waals surface area contributed by atoms with Crippen LogP contribution >= 0.6 is 0 Å². The van der Waals surface area contributed by atoms with Crippen molar-refractivity contribution in [2.75, 3.05) is 0 Å². The van der Waals surface area contributed by atoms with Gasteiger partial charge in [0.25, 0.3) is 0 Å². The van der Waals surface area contributed by atoms with Gasteiger partial charge in [-0.3, -0.25) is 0 Å². The molecule has 0 aliphatic heterocycles. The van der Waals surface area contributed by atoms with Crippen molar-refractivity contribution in [3.8, 4) is 22.4 Å². The molecule has 0 radical (unpaired) electrons. The van der Waals surface area contributed by atoms with E-state index in [0.29, 0.717) is 0 Å². The van der Waals surface area contributed by atoms with Crippen LogP contribution in [0.4, 0.5) is 0 Å². The molecule has 0 unspecified atom stereocenters. The number of aromatic nitrogens is 1. The Kier molecular flexibility index (Phi) is 4.61. The molecule has 0 fully saturated rings. The molecule has 0 N–H and O–H groups in total. The summed E-state index contributed by atoms with van der Waals surface area (Å²) in [6.07, 6.45) is 0. The van der Waals surface area contributed by atoms with Crippen LogP contribution in [0.3, 0.4) is 0 Å². The van der Waals surface area contributed by atoms with Crippen LogP contribution in [0.5, 0.6) is 0 Å². The molecule has 4 aromatic rings. The first-order valence-electron chi connectivity index (χ1n) is 9.00. The second-order valence-corrected chi connectivity index (χ2v) is 6.57. The SMILES string of the molecule is Cc1cc(-c2ccccc2)cc(-c2ccccc2)[n+]1Cc1ccccc1. The summed E-state index contributed by atoms with van der Waals surface area (Å²) in [4.78, 5) is 0. The van der Waals surface area contributed by atoms with Gasteiger partial charge < -0.3 is 0 Å². The average molecular weight is 336 g/mol. The van der Waals surface area contributed by atoms with Crippen molar-refractivity contribution in [2.45, 2.75) is 13.5 Å². The summed E-state index contributed by atoms with van der Waals surface area (Å²) in [5, 5.41) is 0. The Balaban J connectivity index is 1.87. The van der Waals surface area contributed by atoms with Gasteiger partial charge in [-0.1, -0.05) is 78.9 Å². The molecule has 0 aliphatic carbocycles. The van der Waals surface area contributed by atoms with Gasteiger partial charge in [0.1, 0.15) is 0 Å². The predicted octanol–water partition coefficient (Wildman–Crippen LogP) is 5.66. The highest BCUT2D eigenvalue weighted by molar-refractivity contribution is 5.69. The fourth-order valence-electron chi connectivity index (χ4n) is 3.38. The number of aryl methyl sites for hydroxylation is 1. The number of hydrogen-bond acceptors (Lipinski definition) is 0. The molecule has 0 saturated heterocycles. The first-order chi connectivity index (χ1) is 12.8. The highest BCUT2D eigenvalue weighted by atomic mass is 15.0. The second kappa shape index (κ2) is 7.37. The van der Waals surface area contributed by atoms with E-state index in [1.54, 1.807) is 0 Å². The maximum Gasteiger partial charge on any atom is 0.213 e. The third-order valence-electron chi connectivity index (χ3n) is 4.73. The van der Waals surface area contributed by atoms with Crippen LogP contribution in [-0.4, -0.2) is 0 Å². The fourth-order valence-corrected chi connectivity index (χ4v) is 3.38. The summed E-state index contributed by atoms with van der Waals surface area (Å²) in [6, 6.07) is 36.5. The third kappa shape index (κ3) is 3.43. The summed E-state index contributed by atoms with van der Waals surface area (Å²) in [6.45, 7) is 3.06. The maximum atomic E-state index is 2.40. The highest BCUT2D eigenvalue weighted by Crippen LogP contribution is 2.25. The molecule has 0 aliphatic rings. The van der Waals surface area contributed by atoms with E-state index < -0.39 is 0 Å². The molecule has 0 saturated carbocycles. The van der Waals surface area contributed by atoms with Gasteiger partial charge in [-0.05, 0) is 23.3 Å². The minimum Gasteiger partial charge on any atom is -0.191 e. The van der Waals surface area contributed by atoms with E-state index in [9.17, 15) is 0 Å². The summed E-state index contributed by atoms with van der Waals surface area (Å²) in [5.74, 6) is 0. The smallest absolute Gasteiger partial charge is 0.191 e. The van der Waals surface area contributed by atoms with Gasteiger partial charge in [0.05, 0.1) is 0 Å². The molecule has 0 amide bonds. The Bertz CT molecular complexity index is 990. The molecule has 1 aromatic heterocycles. The molecular formula is C25H22N+. The lowest BCUT2D eigenvalue weighted by Crippen LogP contribution is -2.40. The van der Waals surface area contributed by atoms with Gasteiger partial charge in [-0.2, -0.15) is 4.57 Å². The highest BCUT2D eigenvalue weighted by Gasteiger charge is 2.19. The van der Waals surface area contributed by atoms with Gasteiger partial charge in [0.15, 0.2) is 12.2 Å². The van der Waals surface area contributed by atoms with Crippen molar-refractivity contribution in [3.63, 3.8) is 0 Å².